The Hall–Kier alpha value is -2.66. The zero-order valence-electron chi connectivity index (χ0n) is 13.9. The molecule has 0 radical (unpaired) electrons. The molecule has 24 heavy (non-hydrogen) atoms. The van der Waals surface area contributed by atoms with Crippen molar-refractivity contribution in [1.82, 2.24) is 10.2 Å². The van der Waals surface area contributed by atoms with Crippen molar-refractivity contribution in [3.05, 3.63) is 65.2 Å². The van der Waals surface area contributed by atoms with Crippen molar-refractivity contribution < 1.29 is 9.59 Å². The zero-order chi connectivity index (χ0) is 17.1. The first-order chi connectivity index (χ1) is 11.6. The van der Waals surface area contributed by atoms with Crippen LogP contribution >= 0.6 is 0 Å². The highest BCUT2D eigenvalue weighted by molar-refractivity contribution is 6.01. The Balaban J connectivity index is 1.84. The molecule has 0 saturated carbocycles. The molecule has 0 aromatic heterocycles. The van der Waals surface area contributed by atoms with Gasteiger partial charge in [-0.2, -0.15) is 0 Å². The monoisotopic (exact) mass is 323 g/mol. The quantitative estimate of drug-likeness (QED) is 0.889. The van der Waals surface area contributed by atoms with E-state index in [2.05, 4.69) is 10.6 Å². The van der Waals surface area contributed by atoms with E-state index >= 15 is 0 Å². The Bertz CT molecular complexity index is 758. The third-order valence-electron chi connectivity index (χ3n) is 4.36. The summed E-state index contributed by atoms with van der Waals surface area (Å²) in [5.74, 6) is -0.199. The van der Waals surface area contributed by atoms with E-state index in [0.717, 1.165) is 17.7 Å². The number of rotatable bonds is 5. The average molecular weight is 323 g/mol. The third kappa shape index (κ3) is 3.16. The van der Waals surface area contributed by atoms with E-state index in [1.807, 2.05) is 61.3 Å². The van der Waals surface area contributed by atoms with Gasteiger partial charge >= 0.3 is 0 Å². The number of nitrogens with one attached hydrogen (secondary N) is 2. The number of anilines is 1. The van der Waals surface area contributed by atoms with Gasteiger partial charge in [-0.05, 0) is 36.9 Å². The number of amides is 2. The lowest BCUT2D eigenvalue weighted by Gasteiger charge is -2.26. The summed E-state index contributed by atoms with van der Waals surface area (Å²) in [7, 11) is 1.92. The number of carbonyl (C=O) groups is 2. The summed E-state index contributed by atoms with van der Waals surface area (Å²) >= 11 is 0. The van der Waals surface area contributed by atoms with Gasteiger partial charge in [0.1, 0.15) is 6.04 Å². The molecule has 5 heteroatoms. The van der Waals surface area contributed by atoms with Crippen LogP contribution in [-0.4, -0.2) is 30.3 Å². The summed E-state index contributed by atoms with van der Waals surface area (Å²) in [5, 5.41) is 5.73. The molecular weight excluding hydrogens is 302 g/mol. The minimum absolute atomic E-state index is 0.0913. The first kappa shape index (κ1) is 16.2. The smallest absolute Gasteiger partial charge is 0.251 e. The first-order valence-corrected chi connectivity index (χ1v) is 8.07. The summed E-state index contributed by atoms with van der Waals surface area (Å²) < 4.78 is 0. The maximum atomic E-state index is 12.8. The minimum atomic E-state index is -0.377. The molecule has 2 N–H and O–H groups in total. The zero-order valence-corrected chi connectivity index (χ0v) is 13.9. The van der Waals surface area contributed by atoms with Crippen molar-refractivity contribution >= 4 is 17.5 Å². The Morgan fingerprint density at radius 3 is 2.71 bits per heavy atom. The van der Waals surface area contributed by atoms with Crippen LogP contribution in [0, 0.1) is 0 Å². The fraction of sp³-hybridized carbons (Fsp3) is 0.263. The molecule has 2 aromatic rings. The number of carbonyl (C=O) groups excluding carboxylic acids is 2. The van der Waals surface area contributed by atoms with Crippen molar-refractivity contribution in [3.8, 4) is 0 Å². The van der Waals surface area contributed by atoms with E-state index in [-0.39, 0.29) is 17.9 Å². The first-order valence-electron chi connectivity index (χ1n) is 8.07. The second-order valence-electron chi connectivity index (χ2n) is 5.93. The second-order valence-corrected chi connectivity index (χ2v) is 5.93. The lowest BCUT2D eigenvalue weighted by Crippen LogP contribution is -2.34. The lowest BCUT2D eigenvalue weighted by atomic mass is 10.0. The van der Waals surface area contributed by atoms with Gasteiger partial charge in [-0.25, -0.2) is 0 Å². The highest BCUT2D eigenvalue weighted by atomic mass is 16.2. The molecule has 0 fully saturated rings. The number of hydrogen-bond acceptors (Lipinski definition) is 3. The van der Waals surface area contributed by atoms with E-state index in [4.69, 9.17) is 0 Å². The minimum Gasteiger partial charge on any atom is -0.348 e. The third-order valence-corrected chi connectivity index (χ3v) is 4.36. The van der Waals surface area contributed by atoms with Crippen LogP contribution in [0.25, 0.3) is 0 Å². The van der Waals surface area contributed by atoms with Crippen LogP contribution in [0.4, 0.5) is 5.69 Å². The molecule has 0 aliphatic carbocycles. The van der Waals surface area contributed by atoms with Crippen molar-refractivity contribution in [2.75, 3.05) is 18.9 Å². The maximum Gasteiger partial charge on any atom is 0.251 e. The van der Waals surface area contributed by atoms with Gasteiger partial charge in [-0.3, -0.25) is 14.5 Å². The van der Waals surface area contributed by atoms with Gasteiger partial charge in [0.15, 0.2) is 0 Å². The molecule has 3 rings (SSSR count). The molecule has 0 spiro atoms. The predicted octanol–water partition coefficient (Wildman–Crippen LogP) is 2.56. The molecule has 0 saturated heterocycles. The van der Waals surface area contributed by atoms with E-state index in [9.17, 15) is 9.59 Å². The molecule has 124 valence electrons. The summed E-state index contributed by atoms with van der Waals surface area (Å²) in [5.41, 5.74) is 3.18. The Morgan fingerprint density at radius 1 is 1.25 bits per heavy atom. The summed E-state index contributed by atoms with van der Waals surface area (Å²) in [6.07, 6.45) is 0. The normalized spacial score (nSPS) is 14.2. The summed E-state index contributed by atoms with van der Waals surface area (Å²) in [6, 6.07) is 14.8. The number of nitrogens with zero attached hydrogens (tertiary/aromatic N) is 1. The average Bonchev–Trinajstić information content (AvgIpc) is 2.96. The van der Waals surface area contributed by atoms with Crippen LogP contribution in [0.15, 0.2) is 48.5 Å². The molecule has 1 heterocycles. The SMILES string of the molecule is CCN(C)[C@@H](C(=O)Nc1ccc2c(c1)C(=O)NC2)c1ccccc1. The Labute approximate surface area is 141 Å². The van der Waals surface area contributed by atoms with Gasteiger partial charge in [0.2, 0.25) is 5.91 Å². The lowest BCUT2D eigenvalue weighted by molar-refractivity contribution is -0.121. The predicted molar refractivity (Wildman–Crippen MR) is 93.7 cm³/mol. The number of hydrogen-bond donors (Lipinski definition) is 2. The van der Waals surface area contributed by atoms with E-state index in [1.54, 1.807) is 6.07 Å². The number of fused-ring (bicyclic) bond motifs is 1. The molecular formula is C19H21N3O2. The summed E-state index contributed by atoms with van der Waals surface area (Å²) in [4.78, 5) is 26.6. The van der Waals surface area contributed by atoms with Crippen LogP contribution in [-0.2, 0) is 11.3 Å². The molecule has 0 bridgehead atoms. The molecule has 1 aliphatic heterocycles. The van der Waals surface area contributed by atoms with Crippen molar-refractivity contribution in [1.29, 1.82) is 0 Å². The van der Waals surface area contributed by atoms with Gasteiger partial charge in [-0.15, -0.1) is 0 Å². The largest absolute Gasteiger partial charge is 0.348 e. The van der Waals surface area contributed by atoms with Gasteiger partial charge in [0.05, 0.1) is 0 Å². The second kappa shape index (κ2) is 6.84. The van der Waals surface area contributed by atoms with Crippen molar-refractivity contribution in [3.63, 3.8) is 0 Å². The molecule has 2 amide bonds. The fourth-order valence-corrected chi connectivity index (χ4v) is 2.93. The molecule has 0 unspecified atom stereocenters. The number of benzene rings is 2. The highest BCUT2D eigenvalue weighted by Crippen LogP contribution is 2.24. The van der Waals surface area contributed by atoms with Gasteiger partial charge < -0.3 is 10.6 Å². The standard InChI is InChI=1S/C19H21N3O2/c1-3-22(2)17(13-7-5-4-6-8-13)19(24)21-15-10-9-14-12-20-18(23)16(14)11-15/h4-11,17H,3,12H2,1-2H3,(H,20,23)(H,21,24)/t17-/m1/s1. The molecule has 1 aliphatic rings. The van der Waals surface area contributed by atoms with Crippen LogP contribution < -0.4 is 10.6 Å². The maximum absolute atomic E-state index is 12.8. The topological polar surface area (TPSA) is 61.4 Å². The molecule has 2 aromatic carbocycles. The Kier molecular flexibility index (Phi) is 4.62. The fourth-order valence-electron chi connectivity index (χ4n) is 2.93. The van der Waals surface area contributed by atoms with E-state index < -0.39 is 0 Å². The van der Waals surface area contributed by atoms with Crippen LogP contribution in [0.1, 0.15) is 34.5 Å². The van der Waals surface area contributed by atoms with Crippen molar-refractivity contribution in [2.24, 2.45) is 0 Å². The van der Waals surface area contributed by atoms with Crippen LogP contribution in [0.2, 0.25) is 0 Å². The van der Waals surface area contributed by atoms with Crippen molar-refractivity contribution in [2.45, 2.75) is 19.5 Å². The van der Waals surface area contributed by atoms with E-state index in [1.165, 1.54) is 0 Å². The van der Waals surface area contributed by atoms with Gasteiger partial charge in [0, 0.05) is 17.8 Å². The molecule has 1 atom stereocenters. The van der Waals surface area contributed by atoms with Gasteiger partial charge in [0.25, 0.3) is 5.91 Å². The molecule has 5 nitrogen and oxygen atoms in total. The van der Waals surface area contributed by atoms with Crippen LogP contribution in [0.3, 0.4) is 0 Å². The van der Waals surface area contributed by atoms with Crippen LogP contribution in [0.5, 0.6) is 0 Å². The van der Waals surface area contributed by atoms with E-state index in [0.29, 0.717) is 17.8 Å². The van der Waals surface area contributed by atoms with Gasteiger partial charge in [-0.1, -0.05) is 43.3 Å². The highest BCUT2D eigenvalue weighted by Gasteiger charge is 2.25. The number of likely N-dealkylation sites (N-methyl/N-ethyl adjacent to an activating group) is 1. The summed E-state index contributed by atoms with van der Waals surface area (Å²) in [6.45, 7) is 3.32. The Morgan fingerprint density at radius 2 is 2.00 bits per heavy atom.